The van der Waals surface area contributed by atoms with Crippen molar-refractivity contribution >= 4 is 0 Å². The van der Waals surface area contributed by atoms with E-state index in [4.69, 9.17) is 0 Å². The molecule has 1 nitrogen and oxygen atoms in total. The van der Waals surface area contributed by atoms with Crippen LogP contribution in [0.2, 0.25) is 0 Å². The molecule has 0 unspecified atom stereocenters. The molecule has 0 bridgehead atoms. The lowest BCUT2D eigenvalue weighted by Crippen LogP contribution is -2.94. The fourth-order valence-corrected chi connectivity index (χ4v) is 6.44. The normalized spacial score (nSPS) is 51.0. The molecule has 0 saturated heterocycles. The molecule has 22 heavy (non-hydrogen) atoms. The first-order valence-electron chi connectivity index (χ1n) is 9.32. The summed E-state index contributed by atoms with van der Waals surface area (Å²) in [7, 11) is 4.22. The average Bonchev–Trinajstić information content (AvgIpc) is 2.78. The molecule has 1 heteroatoms. The molecule has 0 heterocycles. The van der Waals surface area contributed by atoms with Gasteiger partial charge in [0.25, 0.3) is 0 Å². The Kier molecular flexibility index (Phi) is 4.08. The molecular formula is C21H35N. The van der Waals surface area contributed by atoms with Crippen molar-refractivity contribution in [3.63, 3.8) is 0 Å². The molecule has 0 aromatic carbocycles. The van der Waals surface area contributed by atoms with Gasteiger partial charge >= 0.3 is 0 Å². The summed E-state index contributed by atoms with van der Waals surface area (Å²) < 4.78 is 0. The predicted octanol–water partition coefficient (Wildman–Crippen LogP) is 4.33. The van der Waals surface area contributed by atoms with Crippen molar-refractivity contribution in [3.05, 3.63) is 31.4 Å². The van der Waals surface area contributed by atoms with Crippen LogP contribution in [0.15, 0.2) is 24.3 Å². The SMILES string of the molecule is C=C(C)/C=C/[C@@]12C[C@@H](C)[C@@H]3CC[C@@](C)([NH2+][CH2-])[C@H](CC[C@@H]1C)[C@H]32. The number of hydrogen-bond acceptors (Lipinski definition) is 0. The van der Waals surface area contributed by atoms with Gasteiger partial charge in [0.05, 0.1) is 5.54 Å². The number of nitrogens with two attached hydrogens (primary N) is 1. The van der Waals surface area contributed by atoms with Crippen molar-refractivity contribution in [3.8, 4) is 0 Å². The second-order valence-electron chi connectivity index (χ2n) is 9.00. The van der Waals surface area contributed by atoms with Crippen LogP contribution in [0.25, 0.3) is 0 Å². The van der Waals surface area contributed by atoms with E-state index in [1.54, 1.807) is 0 Å². The van der Waals surface area contributed by atoms with Gasteiger partial charge in [-0.25, -0.2) is 0 Å². The van der Waals surface area contributed by atoms with Gasteiger partial charge < -0.3 is 5.32 Å². The highest BCUT2D eigenvalue weighted by molar-refractivity contribution is 5.23. The summed E-state index contributed by atoms with van der Waals surface area (Å²) in [5, 5.41) is 2.29. The lowest BCUT2D eigenvalue weighted by molar-refractivity contribution is -0.688. The molecule has 3 aliphatic rings. The molecule has 3 aliphatic carbocycles. The van der Waals surface area contributed by atoms with Gasteiger partial charge in [-0.3, -0.25) is 0 Å². The Morgan fingerprint density at radius 1 is 1.27 bits per heavy atom. The summed E-state index contributed by atoms with van der Waals surface area (Å²) in [6.07, 6.45) is 11.8. The van der Waals surface area contributed by atoms with E-state index in [-0.39, 0.29) is 0 Å². The molecule has 2 N–H and O–H groups in total. The van der Waals surface area contributed by atoms with E-state index < -0.39 is 0 Å². The van der Waals surface area contributed by atoms with E-state index in [0.717, 1.165) is 29.6 Å². The van der Waals surface area contributed by atoms with Crippen LogP contribution >= 0.6 is 0 Å². The minimum Gasteiger partial charge on any atom is -0.474 e. The van der Waals surface area contributed by atoms with Crippen LogP contribution < -0.4 is 5.32 Å². The Labute approximate surface area is 137 Å². The molecule has 0 aromatic rings. The maximum atomic E-state index is 4.22. The van der Waals surface area contributed by atoms with E-state index in [1.165, 1.54) is 37.7 Å². The van der Waals surface area contributed by atoms with Gasteiger partial charge in [-0.15, -0.1) is 0 Å². The quantitative estimate of drug-likeness (QED) is 0.590. The molecule has 0 amide bonds. The molecule has 3 saturated carbocycles. The standard InChI is InChI=1S/C21H35N/c1-14(2)9-12-21-13-15(3)17-10-11-20(5,22-6)18(19(17)21)8-7-16(21)4/h9,12,15-19H,1,6-8,10-11,13,22H2,2-5H3/b12-9+/t15-,16+,17+,18-,19+,20-,21-/m1/s1. The monoisotopic (exact) mass is 301 g/mol. The summed E-state index contributed by atoms with van der Waals surface area (Å²) in [5.41, 5.74) is 1.96. The van der Waals surface area contributed by atoms with Gasteiger partial charge in [-0.1, -0.05) is 38.2 Å². The smallest absolute Gasteiger partial charge is 0.0726 e. The summed E-state index contributed by atoms with van der Waals surface area (Å²) in [6, 6.07) is 0. The number of quaternary nitrogens is 1. The largest absolute Gasteiger partial charge is 0.474 e. The zero-order valence-corrected chi connectivity index (χ0v) is 15.1. The van der Waals surface area contributed by atoms with Gasteiger partial charge in [0, 0.05) is 12.3 Å². The minimum absolute atomic E-state index is 0.355. The third kappa shape index (κ3) is 2.23. The Bertz CT molecular complexity index is 478. The number of hydrogen-bond donors (Lipinski definition) is 1. The van der Waals surface area contributed by atoms with Crippen LogP contribution in [0, 0.1) is 42.1 Å². The van der Waals surface area contributed by atoms with Gasteiger partial charge in [0.2, 0.25) is 0 Å². The van der Waals surface area contributed by atoms with Gasteiger partial charge in [-0.2, -0.15) is 7.05 Å². The Morgan fingerprint density at radius 3 is 2.64 bits per heavy atom. The molecule has 3 fully saturated rings. The van der Waals surface area contributed by atoms with Crippen molar-refractivity contribution in [1.29, 1.82) is 0 Å². The van der Waals surface area contributed by atoms with Gasteiger partial charge in [0.1, 0.15) is 0 Å². The number of allylic oxidation sites excluding steroid dienone is 3. The highest BCUT2D eigenvalue weighted by Crippen LogP contribution is 2.66. The molecule has 0 aromatic heterocycles. The zero-order valence-electron chi connectivity index (χ0n) is 15.1. The molecule has 3 rings (SSSR count). The lowest BCUT2D eigenvalue weighted by atomic mass is 9.50. The maximum Gasteiger partial charge on any atom is 0.0726 e. The van der Waals surface area contributed by atoms with Crippen molar-refractivity contribution in [2.45, 2.75) is 65.3 Å². The van der Waals surface area contributed by atoms with Crippen LogP contribution in [-0.2, 0) is 0 Å². The van der Waals surface area contributed by atoms with Crippen molar-refractivity contribution in [2.24, 2.45) is 35.0 Å². The molecule has 0 aliphatic heterocycles. The second-order valence-corrected chi connectivity index (χ2v) is 9.00. The van der Waals surface area contributed by atoms with Crippen LogP contribution in [0.3, 0.4) is 0 Å². The second kappa shape index (κ2) is 5.51. The fraction of sp³-hybridized carbons (Fsp3) is 0.762. The van der Waals surface area contributed by atoms with Crippen molar-refractivity contribution in [1.82, 2.24) is 0 Å². The van der Waals surface area contributed by atoms with E-state index in [2.05, 4.69) is 58.8 Å². The van der Waals surface area contributed by atoms with Crippen molar-refractivity contribution < 1.29 is 5.32 Å². The summed E-state index contributed by atoms with van der Waals surface area (Å²) in [5.74, 6) is 4.30. The Balaban J connectivity index is 2.05. The van der Waals surface area contributed by atoms with E-state index in [0.29, 0.717) is 11.0 Å². The van der Waals surface area contributed by atoms with Crippen LogP contribution in [0.4, 0.5) is 0 Å². The summed E-state index contributed by atoms with van der Waals surface area (Å²) in [6.45, 7) is 13.7. The average molecular weight is 302 g/mol. The fourth-order valence-electron chi connectivity index (χ4n) is 6.44. The molecular weight excluding hydrogens is 266 g/mol. The summed E-state index contributed by atoms with van der Waals surface area (Å²) >= 11 is 0. The van der Waals surface area contributed by atoms with Gasteiger partial charge in [-0.05, 0) is 68.6 Å². The third-order valence-corrected chi connectivity index (χ3v) is 7.76. The minimum atomic E-state index is 0.355. The predicted molar refractivity (Wildman–Crippen MR) is 94.0 cm³/mol. The zero-order chi connectivity index (χ0) is 16.1. The highest BCUT2D eigenvalue weighted by atomic mass is 15.0. The van der Waals surface area contributed by atoms with Crippen molar-refractivity contribution in [2.75, 3.05) is 0 Å². The molecule has 0 spiro atoms. The maximum absolute atomic E-state index is 4.22. The van der Waals surface area contributed by atoms with Crippen LogP contribution in [-0.4, -0.2) is 5.54 Å². The first-order valence-corrected chi connectivity index (χ1v) is 9.32. The Hall–Kier alpha value is -0.560. The van der Waals surface area contributed by atoms with Crippen LogP contribution in [0.1, 0.15) is 59.8 Å². The lowest BCUT2D eigenvalue weighted by Gasteiger charge is -2.56. The van der Waals surface area contributed by atoms with Crippen LogP contribution in [0.5, 0.6) is 0 Å². The molecule has 124 valence electrons. The Morgan fingerprint density at radius 2 is 2.00 bits per heavy atom. The first kappa shape index (κ1) is 16.3. The molecule has 0 radical (unpaired) electrons. The first-order chi connectivity index (χ1) is 10.3. The number of rotatable bonds is 3. The summed E-state index contributed by atoms with van der Waals surface area (Å²) in [4.78, 5) is 0. The highest BCUT2D eigenvalue weighted by Gasteiger charge is 2.63. The van der Waals surface area contributed by atoms with E-state index in [9.17, 15) is 0 Å². The topological polar surface area (TPSA) is 16.6 Å². The molecule has 7 atom stereocenters. The van der Waals surface area contributed by atoms with E-state index in [1.807, 2.05) is 0 Å². The van der Waals surface area contributed by atoms with Gasteiger partial charge in [0.15, 0.2) is 0 Å². The third-order valence-electron chi connectivity index (χ3n) is 7.76. The van der Waals surface area contributed by atoms with E-state index >= 15 is 0 Å².